The monoisotopic (exact) mass is 214 g/mol. The third kappa shape index (κ3) is 1.87. The molecule has 2 aliphatic heterocycles. The molecule has 15 heavy (non-hydrogen) atoms. The minimum atomic E-state index is -0.517. The number of methoxy groups -OCH3 is 1. The van der Waals surface area contributed by atoms with Crippen molar-refractivity contribution in [1.29, 1.82) is 0 Å². The molecule has 2 rings (SSSR count). The van der Waals surface area contributed by atoms with E-state index in [1.165, 1.54) is 7.11 Å². The number of nitrogens with one attached hydrogen (secondary N) is 1. The van der Waals surface area contributed by atoms with Gasteiger partial charge in [0.1, 0.15) is 5.54 Å². The smallest absolute Gasteiger partial charge is 0.328 e. The molecule has 0 aromatic rings. The first-order valence-electron chi connectivity index (χ1n) is 5.41. The van der Waals surface area contributed by atoms with Crippen LogP contribution in [0.25, 0.3) is 0 Å². The summed E-state index contributed by atoms with van der Waals surface area (Å²) in [5.41, 5.74) is -0.517. The van der Waals surface area contributed by atoms with Crippen molar-refractivity contribution in [1.82, 2.24) is 10.2 Å². The predicted molar refractivity (Wildman–Crippen MR) is 54.6 cm³/mol. The van der Waals surface area contributed by atoms with Crippen LogP contribution in [0.2, 0.25) is 0 Å². The van der Waals surface area contributed by atoms with Gasteiger partial charge >= 0.3 is 5.97 Å². The van der Waals surface area contributed by atoms with Gasteiger partial charge in [0.05, 0.1) is 13.7 Å². The van der Waals surface area contributed by atoms with E-state index in [1.807, 2.05) is 0 Å². The van der Waals surface area contributed by atoms with Crippen LogP contribution < -0.4 is 5.32 Å². The maximum atomic E-state index is 11.9. The Morgan fingerprint density at radius 2 is 2.20 bits per heavy atom. The molecular formula is C10H18N2O3. The molecule has 5 heteroatoms. The van der Waals surface area contributed by atoms with Crippen LogP contribution in [0, 0.1) is 0 Å². The molecule has 2 heterocycles. The van der Waals surface area contributed by atoms with Crippen molar-refractivity contribution in [2.45, 2.75) is 12.0 Å². The number of ether oxygens (including phenoxy) is 2. The maximum absolute atomic E-state index is 11.9. The second-order valence-corrected chi connectivity index (χ2v) is 4.06. The van der Waals surface area contributed by atoms with Gasteiger partial charge in [-0.2, -0.15) is 0 Å². The van der Waals surface area contributed by atoms with Crippen molar-refractivity contribution in [3.8, 4) is 0 Å². The van der Waals surface area contributed by atoms with Crippen LogP contribution in [0.15, 0.2) is 0 Å². The first-order chi connectivity index (χ1) is 7.29. The van der Waals surface area contributed by atoms with E-state index < -0.39 is 5.54 Å². The summed E-state index contributed by atoms with van der Waals surface area (Å²) in [5.74, 6) is -0.151. The Kier molecular flexibility index (Phi) is 3.23. The number of rotatable bonds is 2. The quantitative estimate of drug-likeness (QED) is 0.611. The number of hydrogen-bond acceptors (Lipinski definition) is 5. The Bertz CT molecular complexity index is 233. The lowest BCUT2D eigenvalue weighted by Gasteiger charge is -2.40. The molecule has 1 unspecified atom stereocenters. The molecule has 2 saturated heterocycles. The van der Waals surface area contributed by atoms with E-state index in [1.54, 1.807) is 0 Å². The van der Waals surface area contributed by atoms with E-state index in [0.29, 0.717) is 13.2 Å². The zero-order valence-electron chi connectivity index (χ0n) is 9.12. The van der Waals surface area contributed by atoms with Crippen molar-refractivity contribution < 1.29 is 14.3 Å². The van der Waals surface area contributed by atoms with Gasteiger partial charge in [-0.25, -0.2) is 4.79 Å². The van der Waals surface area contributed by atoms with Gasteiger partial charge in [0.15, 0.2) is 0 Å². The molecule has 0 aromatic heterocycles. The van der Waals surface area contributed by atoms with Gasteiger partial charge in [0, 0.05) is 39.2 Å². The average Bonchev–Trinajstić information content (AvgIpc) is 2.79. The average molecular weight is 214 g/mol. The zero-order chi connectivity index (χ0) is 10.7. The fraction of sp³-hybridized carbons (Fsp3) is 0.900. The van der Waals surface area contributed by atoms with Crippen molar-refractivity contribution in [2.75, 3.05) is 46.5 Å². The van der Waals surface area contributed by atoms with Crippen molar-refractivity contribution in [2.24, 2.45) is 0 Å². The lowest BCUT2D eigenvalue weighted by Crippen LogP contribution is -2.61. The Morgan fingerprint density at radius 3 is 2.73 bits per heavy atom. The molecule has 1 atom stereocenters. The molecule has 0 amide bonds. The van der Waals surface area contributed by atoms with Gasteiger partial charge in [-0.1, -0.05) is 0 Å². The molecule has 0 aromatic carbocycles. The predicted octanol–water partition coefficient (Wildman–Crippen LogP) is -0.776. The topological polar surface area (TPSA) is 50.8 Å². The molecular weight excluding hydrogens is 196 g/mol. The van der Waals surface area contributed by atoms with E-state index in [0.717, 1.165) is 32.6 Å². The molecule has 2 fully saturated rings. The Balaban J connectivity index is 2.13. The van der Waals surface area contributed by atoms with Crippen molar-refractivity contribution in [3.05, 3.63) is 0 Å². The van der Waals surface area contributed by atoms with E-state index in [9.17, 15) is 4.79 Å². The number of esters is 1. The highest BCUT2D eigenvalue weighted by molar-refractivity contribution is 5.81. The van der Waals surface area contributed by atoms with Crippen LogP contribution in [-0.2, 0) is 14.3 Å². The highest BCUT2D eigenvalue weighted by atomic mass is 16.5. The minimum Gasteiger partial charge on any atom is -0.468 e. The van der Waals surface area contributed by atoms with Gasteiger partial charge in [-0.05, 0) is 0 Å². The van der Waals surface area contributed by atoms with Crippen molar-refractivity contribution in [3.63, 3.8) is 0 Å². The third-order valence-electron chi connectivity index (χ3n) is 3.29. The number of carbonyl (C=O) groups is 1. The Morgan fingerprint density at radius 1 is 1.47 bits per heavy atom. The first kappa shape index (κ1) is 10.9. The summed E-state index contributed by atoms with van der Waals surface area (Å²) in [6.07, 6.45) is 0.750. The standard InChI is InChI=1S/C10H18N2O3/c1-14-9(13)10(2-7-15-8-10)12-5-3-11-4-6-12/h11H,2-8H2,1H3. The second-order valence-electron chi connectivity index (χ2n) is 4.06. The second kappa shape index (κ2) is 4.47. The summed E-state index contributed by atoms with van der Waals surface area (Å²) in [5, 5.41) is 3.28. The van der Waals surface area contributed by atoms with Crippen LogP contribution in [0.5, 0.6) is 0 Å². The van der Waals surface area contributed by atoms with Gasteiger partial charge in [0.2, 0.25) is 0 Å². The minimum absolute atomic E-state index is 0.151. The molecule has 0 radical (unpaired) electrons. The van der Waals surface area contributed by atoms with Crippen LogP contribution in [0.4, 0.5) is 0 Å². The normalized spacial score (nSPS) is 32.9. The van der Waals surface area contributed by atoms with E-state index in [-0.39, 0.29) is 5.97 Å². The zero-order valence-corrected chi connectivity index (χ0v) is 9.12. The fourth-order valence-corrected chi connectivity index (χ4v) is 2.38. The number of piperazine rings is 1. The third-order valence-corrected chi connectivity index (χ3v) is 3.29. The fourth-order valence-electron chi connectivity index (χ4n) is 2.38. The van der Waals surface area contributed by atoms with Crippen LogP contribution >= 0.6 is 0 Å². The summed E-state index contributed by atoms with van der Waals surface area (Å²) >= 11 is 0. The highest BCUT2D eigenvalue weighted by Gasteiger charge is 2.48. The van der Waals surface area contributed by atoms with Gasteiger partial charge in [-0.15, -0.1) is 0 Å². The number of carbonyl (C=O) groups excluding carboxylic acids is 1. The molecule has 0 spiro atoms. The van der Waals surface area contributed by atoms with Crippen LogP contribution in [0.3, 0.4) is 0 Å². The lowest BCUT2D eigenvalue weighted by molar-refractivity contribution is -0.156. The summed E-state index contributed by atoms with van der Waals surface area (Å²) in [7, 11) is 1.45. The van der Waals surface area contributed by atoms with Gasteiger partial charge in [0.25, 0.3) is 0 Å². The van der Waals surface area contributed by atoms with Crippen molar-refractivity contribution >= 4 is 5.97 Å². The molecule has 0 saturated carbocycles. The van der Waals surface area contributed by atoms with Crippen LogP contribution in [-0.4, -0.2) is 62.9 Å². The molecule has 86 valence electrons. The molecule has 2 aliphatic rings. The molecule has 1 N–H and O–H groups in total. The summed E-state index contributed by atoms with van der Waals surface area (Å²) in [6.45, 7) is 4.76. The van der Waals surface area contributed by atoms with E-state index in [2.05, 4.69) is 10.2 Å². The van der Waals surface area contributed by atoms with E-state index >= 15 is 0 Å². The summed E-state index contributed by atoms with van der Waals surface area (Å²) in [6, 6.07) is 0. The van der Waals surface area contributed by atoms with E-state index in [4.69, 9.17) is 9.47 Å². The largest absolute Gasteiger partial charge is 0.468 e. The molecule has 0 bridgehead atoms. The molecule has 0 aliphatic carbocycles. The first-order valence-corrected chi connectivity index (χ1v) is 5.41. The molecule has 5 nitrogen and oxygen atoms in total. The Labute approximate surface area is 89.7 Å². The summed E-state index contributed by atoms with van der Waals surface area (Å²) in [4.78, 5) is 14.1. The maximum Gasteiger partial charge on any atom is 0.328 e. The highest BCUT2D eigenvalue weighted by Crippen LogP contribution is 2.27. The van der Waals surface area contributed by atoms with Gasteiger partial charge < -0.3 is 14.8 Å². The SMILES string of the molecule is COC(=O)C1(N2CCNCC2)CCOC1. The van der Waals surface area contributed by atoms with Crippen LogP contribution in [0.1, 0.15) is 6.42 Å². The van der Waals surface area contributed by atoms with Gasteiger partial charge in [-0.3, -0.25) is 4.90 Å². The Hall–Kier alpha value is -0.650. The number of nitrogens with zero attached hydrogens (tertiary/aromatic N) is 1. The summed E-state index contributed by atoms with van der Waals surface area (Å²) < 4.78 is 10.3. The lowest BCUT2D eigenvalue weighted by atomic mass is 9.95. The number of hydrogen-bond donors (Lipinski definition) is 1.